The lowest BCUT2D eigenvalue weighted by Crippen LogP contribution is -2.14. The van der Waals surface area contributed by atoms with E-state index in [0.717, 1.165) is 37.6 Å². The Morgan fingerprint density at radius 2 is 1.50 bits per heavy atom. The number of hydrogen-bond acceptors (Lipinski definition) is 3. The van der Waals surface area contributed by atoms with Crippen LogP contribution in [-0.4, -0.2) is 19.7 Å². The molecule has 0 heterocycles. The molecule has 0 aromatic heterocycles. The zero-order valence-corrected chi connectivity index (χ0v) is 16.6. The lowest BCUT2D eigenvalue weighted by Gasteiger charge is -2.14. The first kappa shape index (κ1) is 20.2. The molecule has 0 aliphatic rings. The molecule has 0 bridgehead atoms. The van der Waals surface area contributed by atoms with Crippen LogP contribution in [0.5, 0.6) is 5.75 Å². The van der Waals surface area contributed by atoms with Crippen LogP contribution in [0.2, 0.25) is 0 Å². The maximum Gasteiger partial charge on any atom is 0.121 e. The Morgan fingerprint density at radius 1 is 0.808 bits per heavy atom. The lowest BCUT2D eigenvalue weighted by atomic mass is 10.1. The van der Waals surface area contributed by atoms with E-state index in [1.54, 1.807) is 0 Å². The largest absolute Gasteiger partial charge is 0.494 e. The number of anilines is 2. The van der Waals surface area contributed by atoms with Crippen LogP contribution in [0.4, 0.5) is 11.4 Å². The molecule has 0 radical (unpaired) electrons. The van der Waals surface area contributed by atoms with Crippen molar-refractivity contribution in [2.24, 2.45) is 0 Å². The van der Waals surface area contributed by atoms with Crippen molar-refractivity contribution < 1.29 is 4.74 Å². The number of aryl methyl sites for hydroxylation is 2. The second-order valence-electron chi connectivity index (χ2n) is 6.91. The maximum absolute atomic E-state index is 5.88. The zero-order valence-electron chi connectivity index (χ0n) is 16.6. The Hall–Kier alpha value is -2.16. The highest BCUT2D eigenvalue weighted by Crippen LogP contribution is 2.20. The van der Waals surface area contributed by atoms with Crippen molar-refractivity contribution in [1.29, 1.82) is 0 Å². The molecule has 0 unspecified atom stereocenters. The fourth-order valence-corrected chi connectivity index (χ4v) is 3.08. The van der Waals surface area contributed by atoms with Crippen LogP contribution in [-0.2, 0) is 0 Å². The summed E-state index contributed by atoms with van der Waals surface area (Å²) >= 11 is 0. The average molecular weight is 355 g/mol. The van der Waals surface area contributed by atoms with E-state index in [1.807, 2.05) is 12.1 Å². The first-order valence-corrected chi connectivity index (χ1v) is 9.97. The van der Waals surface area contributed by atoms with Gasteiger partial charge in [-0.05, 0) is 43.5 Å². The predicted molar refractivity (Wildman–Crippen MR) is 114 cm³/mol. The summed E-state index contributed by atoms with van der Waals surface area (Å²) in [6, 6.07) is 14.7. The minimum atomic E-state index is 0.807. The van der Waals surface area contributed by atoms with Crippen molar-refractivity contribution in [3.05, 3.63) is 53.6 Å². The highest BCUT2D eigenvalue weighted by Gasteiger charge is 2.01. The lowest BCUT2D eigenvalue weighted by molar-refractivity contribution is 0.304. The molecule has 0 aliphatic heterocycles. The third-order valence-corrected chi connectivity index (χ3v) is 4.59. The third-order valence-electron chi connectivity index (χ3n) is 4.59. The number of nitrogens with one attached hydrogen (secondary N) is 2. The van der Waals surface area contributed by atoms with E-state index in [-0.39, 0.29) is 0 Å². The number of ether oxygens (including phenoxy) is 1. The number of para-hydroxylation sites is 1. The van der Waals surface area contributed by atoms with Crippen LogP contribution in [0.15, 0.2) is 42.5 Å². The van der Waals surface area contributed by atoms with Crippen LogP contribution in [0.1, 0.15) is 50.2 Å². The quantitative estimate of drug-likeness (QED) is 0.447. The molecular weight excluding hydrogens is 320 g/mol. The molecule has 26 heavy (non-hydrogen) atoms. The average Bonchev–Trinajstić information content (AvgIpc) is 2.64. The van der Waals surface area contributed by atoms with Gasteiger partial charge in [0, 0.05) is 30.5 Å². The van der Waals surface area contributed by atoms with Crippen LogP contribution >= 0.6 is 0 Å². The molecule has 142 valence electrons. The van der Waals surface area contributed by atoms with Gasteiger partial charge in [0.15, 0.2) is 0 Å². The van der Waals surface area contributed by atoms with E-state index in [9.17, 15) is 0 Å². The molecule has 0 amide bonds. The highest BCUT2D eigenvalue weighted by atomic mass is 16.5. The summed E-state index contributed by atoms with van der Waals surface area (Å²) in [5, 5.41) is 7.00. The second kappa shape index (κ2) is 11.5. The third kappa shape index (κ3) is 6.99. The SMILES string of the molecule is CCCCCCCOc1cccc(NCCNc2c(C)cccc2C)c1. The Kier molecular flexibility index (Phi) is 8.88. The highest BCUT2D eigenvalue weighted by molar-refractivity contribution is 5.56. The van der Waals surface area contributed by atoms with E-state index in [1.165, 1.54) is 42.5 Å². The van der Waals surface area contributed by atoms with Gasteiger partial charge < -0.3 is 15.4 Å². The van der Waals surface area contributed by atoms with Crippen molar-refractivity contribution >= 4 is 11.4 Å². The van der Waals surface area contributed by atoms with Crippen LogP contribution < -0.4 is 15.4 Å². The molecule has 2 aromatic carbocycles. The van der Waals surface area contributed by atoms with Gasteiger partial charge in [-0.2, -0.15) is 0 Å². The molecule has 0 saturated heterocycles. The summed E-state index contributed by atoms with van der Waals surface area (Å²) in [5.74, 6) is 0.952. The van der Waals surface area contributed by atoms with Gasteiger partial charge in [0.25, 0.3) is 0 Å². The summed E-state index contributed by atoms with van der Waals surface area (Å²) in [4.78, 5) is 0. The molecule has 0 aliphatic carbocycles. The van der Waals surface area contributed by atoms with Crippen molar-refractivity contribution in [2.45, 2.75) is 52.9 Å². The van der Waals surface area contributed by atoms with Gasteiger partial charge in [-0.15, -0.1) is 0 Å². The molecule has 3 nitrogen and oxygen atoms in total. The van der Waals surface area contributed by atoms with Crippen molar-refractivity contribution in [1.82, 2.24) is 0 Å². The van der Waals surface area contributed by atoms with E-state index < -0.39 is 0 Å². The molecule has 2 aromatic rings. The van der Waals surface area contributed by atoms with Crippen LogP contribution in [0.3, 0.4) is 0 Å². The molecule has 0 atom stereocenters. The molecule has 0 saturated carbocycles. The molecule has 2 N–H and O–H groups in total. The number of unbranched alkanes of at least 4 members (excludes halogenated alkanes) is 4. The van der Waals surface area contributed by atoms with E-state index >= 15 is 0 Å². The monoisotopic (exact) mass is 354 g/mol. The predicted octanol–water partition coefficient (Wildman–Crippen LogP) is 6.18. The van der Waals surface area contributed by atoms with Gasteiger partial charge in [-0.1, -0.05) is 56.9 Å². The summed E-state index contributed by atoms with van der Waals surface area (Å²) in [6.45, 7) is 9.09. The first-order chi connectivity index (χ1) is 12.7. The first-order valence-electron chi connectivity index (χ1n) is 9.97. The van der Waals surface area contributed by atoms with Gasteiger partial charge >= 0.3 is 0 Å². The van der Waals surface area contributed by atoms with Gasteiger partial charge in [0.05, 0.1) is 6.61 Å². The van der Waals surface area contributed by atoms with Crippen molar-refractivity contribution in [3.63, 3.8) is 0 Å². The van der Waals surface area contributed by atoms with Crippen molar-refractivity contribution in [3.8, 4) is 5.75 Å². The normalized spacial score (nSPS) is 10.6. The van der Waals surface area contributed by atoms with Crippen LogP contribution in [0.25, 0.3) is 0 Å². The fraction of sp³-hybridized carbons (Fsp3) is 0.478. The topological polar surface area (TPSA) is 33.3 Å². The number of hydrogen-bond donors (Lipinski definition) is 2. The number of rotatable bonds is 12. The van der Waals surface area contributed by atoms with E-state index in [0.29, 0.717) is 0 Å². The van der Waals surface area contributed by atoms with E-state index in [4.69, 9.17) is 4.74 Å². The smallest absolute Gasteiger partial charge is 0.121 e. The Bertz CT molecular complexity index is 634. The standard InChI is InChI=1S/C23H34N2O/c1-4-5-6-7-8-17-26-22-14-10-13-21(18-22)24-15-16-25-23-19(2)11-9-12-20(23)3/h9-14,18,24-25H,4-8,15-17H2,1-3H3. The zero-order chi connectivity index (χ0) is 18.6. The molecule has 0 spiro atoms. The van der Waals surface area contributed by atoms with Gasteiger partial charge in [0.1, 0.15) is 5.75 Å². The Morgan fingerprint density at radius 3 is 2.27 bits per heavy atom. The fourth-order valence-electron chi connectivity index (χ4n) is 3.08. The number of benzene rings is 2. The molecule has 2 rings (SSSR count). The maximum atomic E-state index is 5.88. The summed E-state index contributed by atoms with van der Waals surface area (Å²) in [5.41, 5.74) is 4.94. The second-order valence-corrected chi connectivity index (χ2v) is 6.91. The van der Waals surface area contributed by atoms with Gasteiger partial charge in [-0.25, -0.2) is 0 Å². The summed E-state index contributed by atoms with van der Waals surface area (Å²) in [6.07, 6.45) is 6.32. The van der Waals surface area contributed by atoms with Crippen molar-refractivity contribution in [2.75, 3.05) is 30.3 Å². The molecular formula is C23H34N2O. The summed E-state index contributed by atoms with van der Waals surface area (Å²) in [7, 11) is 0. The Labute approximate surface area is 159 Å². The Balaban J connectivity index is 1.69. The van der Waals surface area contributed by atoms with Gasteiger partial charge in [0.2, 0.25) is 0 Å². The van der Waals surface area contributed by atoms with Crippen LogP contribution in [0, 0.1) is 13.8 Å². The minimum absolute atomic E-state index is 0.807. The minimum Gasteiger partial charge on any atom is -0.494 e. The van der Waals surface area contributed by atoms with E-state index in [2.05, 4.69) is 61.7 Å². The van der Waals surface area contributed by atoms with Gasteiger partial charge in [-0.3, -0.25) is 0 Å². The molecule has 0 fully saturated rings. The molecule has 3 heteroatoms. The summed E-state index contributed by atoms with van der Waals surface area (Å²) < 4.78 is 5.88.